The number of hydrogen-bond acceptors (Lipinski definition) is 3. The molecule has 0 atom stereocenters. The molecule has 92 valence electrons. The van der Waals surface area contributed by atoms with Gasteiger partial charge in [0.15, 0.2) is 0 Å². The molecule has 0 radical (unpaired) electrons. The van der Waals surface area contributed by atoms with Crippen LogP contribution < -0.4 is 10.9 Å². The molecule has 2 rings (SSSR count). The van der Waals surface area contributed by atoms with Gasteiger partial charge < -0.3 is 0 Å². The van der Waals surface area contributed by atoms with Crippen molar-refractivity contribution >= 4 is 11.9 Å². The van der Waals surface area contributed by atoms with Gasteiger partial charge in [-0.15, -0.1) is 0 Å². The Morgan fingerprint density at radius 3 is 2.82 bits per heavy atom. The number of nitrogens with one attached hydrogen (secondary N) is 1. The molecule has 0 unspecified atom stereocenters. The largest absolute Gasteiger partial charge is 0.296 e. The lowest BCUT2D eigenvalue weighted by Crippen LogP contribution is -2.29. The molecule has 0 spiro atoms. The van der Waals surface area contributed by atoms with Crippen molar-refractivity contribution in [3.05, 3.63) is 22.6 Å². The molecular weight excluding hydrogens is 218 g/mol. The minimum atomic E-state index is -0.168. The Morgan fingerprint density at radius 2 is 2.12 bits per heavy atom. The van der Waals surface area contributed by atoms with Crippen LogP contribution in [0.2, 0.25) is 0 Å². The number of hydrogen-bond donors (Lipinski definition) is 1. The highest BCUT2D eigenvalue weighted by atomic mass is 16.2. The summed E-state index contributed by atoms with van der Waals surface area (Å²) >= 11 is 0. The smallest absolute Gasteiger partial charge is 0.254 e. The second-order valence-electron chi connectivity index (χ2n) is 4.49. The van der Waals surface area contributed by atoms with Gasteiger partial charge in [0, 0.05) is 25.2 Å². The Labute approximate surface area is 99.9 Å². The standard InChI is InChI=1S/C12H17N3O2/c1-15-10(16)7-8-13-12(15)14-11(17)9-5-3-2-4-6-9/h7-9H,2-6H2,1H3,(H,13,14,17). The van der Waals surface area contributed by atoms with Crippen molar-refractivity contribution < 1.29 is 4.79 Å². The SMILES string of the molecule is Cn1c(NC(=O)C2CCCCC2)nccc1=O. The number of carbonyl (C=O) groups is 1. The Bertz CT molecular complexity index is 461. The summed E-state index contributed by atoms with van der Waals surface area (Å²) in [5, 5.41) is 2.73. The van der Waals surface area contributed by atoms with E-state index in [9.17, 15) is 9.59 Å². The fraction of sp³-hybridized carbons (Fsp3) is 0.583. The van der Waals surface area contributed by atoms with Crippen LogP contribution in [0, 0.1) is 5.92 Å². The van der Waals surface area contributed by atoms with Crippen molar-refractivity contribution in [1.29, 1.82) is 0 Å². The maximum Gasteiger partial charge on any atom is 0.254 e. The van der Waals surface area contributed by atoms with E-state index in [4.69, 9.17) is 0 Å². The fourth-order valence-corrected chi connectivity index (χ4v) is 2.17. The molecule has 0 aliphatic heterocycles. The zero-order valence-corrected chi connectivity index (χ0v) is 9.98. The van der Waals surface area contributed by atoms with E-state index in [-0.39, 0.29) is 17.4 Å². The van der Waals surface area contributed by atoms with Crippen LogP contribution in [-0.2, 0) is 11.8 Å². The van der Waals surface area contributed by atoms with Crippen LogP contribution in [0.5, 0.6) is 0 Å². The third-order valence-electron chi connectivity index (χ3n) is 3.27. The molecule has 1 aromatic rings. The first-order chi connectivity index (χ1) is 8.18. The minimum absolute atomic E-state index is 0.0154. The highest BCUT2D eigenvalue weighted by Crippen LogP contribution is 2.24. The number of amides is 1. The maximum absolute atomic E-state index is 12.0. The lowest BCUT2D eigenvalue weighted by Gasteiger charge is -2.20. The number of rotatable bonds is 2. The van der Waals surface area contributed by atoms with Crippen molar-refractivity contribution in [3.63, 3.8) is 0 Å². The molecular formula is C12H17N3O2. The Morgan fingerprint density at radius 1 is 1.41 bits per heavy atom. The molecule has 17 heavy (non-hydrogen) atoms. The van der Waals surface area contributed by atoms with E-state index in [1.165, 1.54) is 23.3 Å². The van der Waals surface area contributed by atoms with Crippen molar-refractivity contribution in [2.24, 2.45) is 13.0 Å². The second kappa shape index (κ2) is 5.12. The van der Waals surface area contributed by atoms with Gasteiger partial charge >= 0.3 is 0 Å². The summed E-state index contributed by atoms with van der Waals surface area (Å²) < 4.78 is 1.35. The molecule has 5 nitrogen and oxygen atoms in total. The van der Waals surface area contributed by atoms with Gasteiger partial charge in [-0.25, -0.2) is 4.98 Å². The van der Waals surface area contributed by atoms with Crippen LogP contribution in [0.15, 0.2) is 17.1 Å². The topological polar surface area (TPSA) is 64.0 Å². The Balaban J connectivity index is 2.07. The van der Waals surface area contributed by atoms with Gasteiger partial charge in [-0.3, -0.25) is 19.5 Å². The van der Waals surface area contributed by atoms with Crippen LogP contribution in [0.4, 0.5) is 5.95 Å². The molecule has 1 saturated carbocycles. The number of anilines is 1. The average Bonchev–Trinajstić information content (AvgIpc) is 2.36. The molecule has 0 bridgehead atoms. The highest BCUT2D eigenvalue weighted by molar-refractivity contribution is 5.91. The van der Waals surface area contributed by atoms with Crippen molar-refractivity contribution in [1.82, 2.24) is 9.55 Å². The molecule has 1 fully saturated rings. The Kier molecular flexibility index (Phi) is 3.56. The van der Waals surface area contributed by atoms with E-state index in [0.717, 1.165) is 25.7 Å². The molecule has 1 N–H and O–H groups in total. The third kappa shape index (κ3) is 2.72. The summed E-state index contributed by atoms with van der Waals surface area (Å²) in [6.45, 7) is 0. The van der Waals surface area contributed by atoms with Crippen molar-refractivity contribution in [3.8, 4) is 0 Å². The quantitative estimate of drug-likeness (QED) is 0.840. The average molecular weight is 235 g/mol. The van der Waals surface area contributed by atoms with Crippen LogP contribution in [0.25, 0.3) is 0 Å². The lowest BCUT2D eigenvalue weighted by atomic mass is 9.89. The summed E-state index contributed by atoms with van der Waals surface area (Å²) in [7, 11) is 1.60. The van der Waals surface area contributed by atoms with Crippen LogP contribution >= 0.6 is 0 Å². The minimum Gasteiger partial charge on any atom is -0.296 e. The first kappa shape index (κ1) is 11.8. The second-order valence-corrected chi connectivity index (χ2v) is 4.49. The monoisotopic (exact) mass is 235 g/mol. The maximum atomic E-state index is 12.0. The van der Waals surface area contributed by atoms with Gasteiger partial charge in [-0.1, -0.05) is 19.3 Å². The Hall–Kier alpha value is -1.65. The molecule has 1 aliphatic carbocycles. The highest BCUT2D eigenvalue weighted by Gasteiger charge is 2.21. The van der Waals surface area contributed by atoms with E-state index in [0.29, 0.717) is 5.95 Å². The van der Waals surface area contributed by atoms with Crippen LogP contribution in [0.1, 0.15) is 32.1 Å². The number of nitrogens with zero attached hydrogens (tertiary/aromatic N) is 2. The van der Waals surface area contributed by atoms with Gasteiger partial charge in [-0.05, 0) is 12.8 Å². The van der Waals surface area contributed by atoms with Gasteiger partial charge in [0.05, 0.1) is 0 Å². The molecule has 5 heteroatoms. The molecule has 0 saturated heterocycles. The van der Waals surface area contributed by atoms with Gasteiger partial charge in [0.1, 0.15) is 0 Å². The summed E-state index contributed by atoms with van der Waals surface area (Å²) in [6.07, 6.45) is 6.72. The van der Waals surface area contributed by atoms with E-state index >= 15 is 0 Å². The predicted molar refractivity (Wildman–Crippen MR) is 64.7 cm³/mol. The molecule has 0 aromatic carbocycles. The summed E-state index contributed by atoms with van der Waals surface area (Å²) in [4.78, 5) is 27.3. The summed E-state index contributed by atoms with van der Waals surface area (Å²) in [5.41, 5.74) is -0.168. The van der Waals surface area contributed by atoms with E-state index < -0.39 is 0 Å². The lowest BCUT2D eigenvalue weighted by molar-refractivity contribution is -0.120. The first-order valence-corrected chi connectivity index (χ1v) is 6.01. The number of aromatic nitrogens is 2. The first-order valence-electron chi connectivity index (χ1n) is 6.01. The summed E-state index contributed by atoms with van der Waals surface area (Å²) in [5.74, 6) is 0.382. The van der Waals surface area contributed by atoms with Gasteiger partial charge in [-0.2, -0.15) is 0 Å². The molecule has 1 amide bonds. The van der Waals surface area contributed by atoms with E-state index in [1.807, 2.05) is 0 Å². The molecule has 1 aliphatic rings. The molecule has 1 heterocycles. The van der Waals surface area contributed by atoms with Crippen molar-refractivity contribution in [2.45, 2.75) is 32.1 Å². The molecule has 1 aromatic heterocycles. The van der Waals surface area contributed by atoms with Crippen LogP contribution in [0.3, 0.4) is 0 Å². The third-order valence-corrected chi connectivity index (χ3v) is 3.27. The van der Waals surface area contributed by atoms with Crippen LogP contribution in [-0.4, -0.2) is 15.5 Å². The zero-order valence-electron chi connectivity index (χ0n) is 9.98. The number of carbonyl (C=O) groups excluding carboxylic acids is 1. The zero-order chi connectivity index (χ0) is 12.3. The predicted octanol–water partition coefficient (Wildman–Crippen LogP) is 1.30. The van der Waals surface area contributed by atoms with E-state index in [2.05, 4.69) is 10.3 Å². The van der Waals surface area contributed by atoms with E-state index in [1.54, 1.807) is 7.05 Å². The van der Waals surface area contributed by atoms with Crippen molar-refractivity contribution in [2.75, 3.05) is 5.32 Å². The summed E-state index contributed by atoms with van der Waals surface area (Å²) in [6, 6.07) is 1.37. The normalized spacial score (nSPS) is 16.8. The fourth-order valence-electron chi connectivity index (χ4n) is 2.17. The van der Waals surface area contributed by atoms with Gasteiger partial charge in [0.2, 0.25) is 11.9 Å². The van der Waals surface area contributed by atoms with Gasteiger partial charge in [0.25, 0.3) is 5.56 Å².